The minimum absolute atomic E-state index is 0.0529. The normalized spacial score (nSPS) is 20.7. The molecule has 5 nitrogen and oxygen atoms in total. The Balaban J connectivity index is 1.98. The molecule has 1 fully saturated rings. The van der Waals surface area contributed by atoms with Crippen molar-refractivity contribution in [2.45, 2.75) is 19.9 Å². The van der Waals surface area contributed by atoms with E-state index in [1.165, 1.54) is 4.90 Å². The number of carbonyl (C=O) groups is 1. The molecule has 1 saturated heterocycles. The van der Waals surface area contributed by atoms with E-state index in [0.29, 0.717) is 5.56 Å². The molecule has 0 spiro atoms. The van der Waals surface area contributed by atoms with Gasteiger partial charge in [-0.1, -0.05) is 19.1 Å². The number of hydrogen-bond acceptors (Lipinski definition) is 4. The van der Waals surface area contributed by atoms with Crippen LogP contribution in [0.5, 0.6) is 0 Å². The molecule has 1 aromatic carbocycles. The van der Waals surface area contributed by atoms with Crippen LogP contribution >= 0.6 is 11.3 Å². The molecule has 0 saturated carbocycles. The van der Waals surface area contributed by atoms with Gasteiger partial charge in [0.25, 0.3) is 0 Å². The fourth-order valence-electron chi connectivity index (χ4n) is 2.95. The van der Waals surface area contributed by atoms with Crippen LogP contribution in [0, 0.1) is 29.6 Å². The third-order valence-electron chi connectivity index (χ3n) is 4.39. The van der Waals surface area contributed by atoms with Gasteiger partial charge in [0.15, 0.2) is 5.96 Å². The zero-order chi connectivity index (χ0) is 17.4. The van der Waals surface area contributed by atoms with E-state index < -0.39 is 0 Å². The summed E-state index contributed by atoms with van der Waals surface area (Å²) in [4.78, 5) is 15.8. The molecule has 1 amide bonds. The largest absolute Gasteiger partial charge is 0.348 e. The number of hydrogen-bond donors (Lipinski definition) is 2. The third-order valence-corrected chi connectivity index (χ3v) is 5.53. The Morgan fingerprint density at radius 3 is 2.83 bits per heavy atom. The number of rotatable bonds is 2. The third kappa shape index (κ3) is 2.68. The Labute approximate surface area is 145 Å². The van der Waals surface area contributed by atoms with Crippen molar-refractivity contribution in [1.82, 2.24) is 10.2 Å². The van der Waals surface area contributed by atoms with Crippen LogP contribution in [0.1, 0.15) is 28.3 Å². The maximum absolute atomic E-state index is 12.3. The standard InChI is InChI=1S/C18H18N4OS/c1-10-16(21-18(20)22(3)17(10)23)15-8-14(11(2)24-15)13-6-4-5-12(7-13)9-19/h4-8,10,16H,1-3H3,(H2,20,21)/t10-,16+/m1/s1. The van der Waals surface area contributed by atoms with Crippen LogP contribution in [0.25, 0.3) is 11.1 Å². The van der Waals surface area contributed by atoms with Crippen LogP contribution < -0.4 is 5.32 Å². The highest BCUT2D eigenvalue weighted by atomic mass is 32.1. The van der Waals surface area contributed by atoms with E-state index in [0.717, 1.165) is 20.9 Å². The first-order valence-corrected chi connectivity index (χ1v) is 8.47. The molecule has 0 radical (unpaired) electrons. The molecule has 0 aliphatic carbocycles. The van der Waals surface area contributed by atoms with Gasteiger partial charge in [0.1, 0.15) is 0 Å². The number of carbonyl (C=O) groups excluding carboxylic acids is 1. The summed E-state index contributed by atoms with van der Waals surface area (Å²) in [5.41, 5.74) is 2.69. The summed E-state index contributed by atoms with van der Waals surface area (Å²) in [5.74, 6) is -0.162. The maximum atomic E-state index is 12.3. The predicted octanol–water partition coefficient (Wildman–Crippen LogP) is 3.27. The van der Waals surface area contributed by atoms with Crippen molar-refractivity contribution in [1.29, 1.82) is 10.7 Å². The van der Waals surface area contributed by atoms with Gasteiger partial charge in [-0.3, -0.25) is 15.1 Å². The van der Waals surface area contributed by atoms with Crippen LogP contribution in [0.3, 0.4) is 0 Å². The van der Waals surface area contributed by atoms with Gasteiger partial charge in [-0.15, -0.1) is 11.3 Å². The zero-order valence-electron chi connectivity index (χ0n) is 13.8. The van der Waals surface area contributed by atoms with E-state index in [1.54, 1.807) is 24.5 Å². The lowest BCUT2D eigenvalue weighted by atomic mass is 9.95. The molecule has 2 N–H and O–H groups in total. The van der Waals surface area contributed by atoms with E-state index >= 15 is 0 Å². The topological polar surface area (TPSA) is 80.0 Å². The molecule has 24 heavy (non-hydrogen) atoms. The van der Waals surface area contributed by atoms with Crippen LogP contribution in [0.15, 0.2) is 30.3 Å². The van der Waals surface area contributed by atoms with Crippen LogP contribution in [-0.4, -0.2) is 23.8 Å². The van der Waals surface area contributed by atoms with E-state index in [1.807, 2.05) is 32.0 Å². The number of guanidine groups is 1. The SMILES string of the molecule is Cc1sc([C@H]2NC(=N)N(C)C(=O)[C@@H]2C)cc1-c1cccc(C#N)c1. The van der Waals surface area contributed by atoms with E-state index in [2.05, 4.69) is 17.5 Å². The fraction of sp³-hybridized carbons (Fsp3) is 0.278. The minimum Gasteiger partial charge on any atom is -0.348 e. The fourth-order valence-corrected chi connectivity index (χ4v) is 4.15. The van der Waals surface area contributed by atoms with Gasteiger partial charge in [-0.25, -0.2) is 0 Å². The number of benzene rings is 1. The Morgan fingerprint density at radius 1 is 1.38 bits per heavy atom. The summed E-state index contributed by atoms with van der Waals surface area (Å²) < 4.78 is 0. The molecule has 0 bridgehead atoms. The van der Waals surface area contributed by atoms with E-state index in [9.17, 15) is 4.79 Å². The quantitative estimate of drug-likeness (QED) is 0.882. The molecule has 122 valence electrons. The molecule has 2 heterocycles. The minimum atomic E-state index is -0.236. The Hall–Kier alpha value is -2.65. The predicted molar refractivity (Wildman–Crippen MR) is 94.7 cm³/mol. The lowest BCUT2D eigenvalue weighted by molar-refractivity contribution is -0.132. The number of amides is 1. The van der Waals surface area contributed by atoms with Gasteiger partial charge in [-0.05, 0) is 36.2 Å². The van der Waals surface area contributed by atoms with Crippen molar-refractivity contribution < 1.29 is 4.79 Å². The van der Waals surface area contributed by atoms with Crippen molar-refractivity contribution in [2.24, 2.45) is 5.92 Å². The van der Waals surface area contributed by atoms with Crippen LogP contribution in [0.4, 0.5) is 0 Å². The number of nitrogens with one attached hydrogen (secondary N) is 2. The number of nitrogens with zero attached hydrogens (tertiary/aromatic N) is 2. The smallest absolute Gasteiger partial charge is 0.234 e. The molecule has 1 aliphatic rings. The summed E-state index contributed by atoms with van der Waals surface area (Å²) in [5, 5.41) is 20.1. The van der Waals surface area contributed by atoms with Crippen molar-refractivity contribution in [3.8, 4) is 17.2 Å². The molecule has 2 atom stereocenters. The average Bonchev–Trinajstić information content (AvgIpc) is 2.97. The first-order chi connectivity index (χ1) is 11.4. The summed E-state index contributed by atoms with van der Waals surface area (Å²) >= 11 is 1.63. The van der Waals surface area contributed by atoms with Gasteiger partial charge in [0.05, 0.1) is 23.6 Å². The van der Waals surface area contributed by atoms with Crippen LogP contribution in [-0.2, 0) is 4.79 Å². The average molecular weight is 338 g/mol. The molecule has 0 unspecified atom stereocenters. The number of aryl methyl sites for hydroxylation is 1. The molecule has 3 rings (SSSR count). The highest BCUT2D eigenvalue weighted by Crippen LogP contribution is 2.38. The molecule has 2 aromatic rings. The second kappa shape index (κ2) is 6.10. The lowest BCUT2D eigenvalue weighted by Crippen LogP contribution is -2.53. The van der Waals surface area contributed by atoms with Crippen molar-refractivity contribution >= 4 is 23.2 Å². The monoisotopic (exact) mass is 338 g/mol. The van der Waals surface area contributed by atoms with Crippen molar-refractivity contribution in [3.63, 3.8) is 0 Å². The van der Waals surface area contributed by atoms with Crippen molar-refractivity contribution in [2.75, 3.05) is 7.05 Å². The number of thiophene rings is 1. The molecule has 1 aromatic heterocycles. The Kier molecular flexibility index (Phi) is 4.12. The highest BCUT2D eigenvalue weighted by Gasteiger charge is 2.36. The van der Waals surface area contributed by atoms with Gasteiger partial charge in [0.2, 0.25) is 5.91 Å². The Bertz CT molecular complexity index is 864. The van der Waals surface area contributed by atoms with Crippen molar-refractivity contribution in [3.05, 3.63) is 45.6 Å². The second-order valence-electron chi connectivity index (χ2n) is 5.97. The molecule has 1 aliphatic heterocycles. The van der Waals surface area contributed by atoms with Gasteiger partial charge < -0.3 is 5.32 Å². The molecule has 6 heteroatoms. The van der Waals surface area contributed by atoms with Gasteiger partial charge in [-0.2, -0.15) is 5.26 Å². The van der Waals surface area contributed by atoms with Gasteiger partial charge in [0, 0.05) is 16.8 Å². The van der Waals surface area contributed by atoms with Gasteiger partial charge >= 0.3 is 0 Å². The van der Waals surface area contributed by atoms with E-state index in [-0.39, 0.29) is 23.8 Å². The first-order valence-electron chi connectivity index (χ1n) is 7.66. The van der Waals surface area contributed by atoms with Crippen LogP contribution in [0.2, 0.25) is 0 Å². The summed E-state index contributed by atoms with van der Waals surface area (Å²) in [6, 6.07) is 11.5. The zero-order valence-corrected chi connectivity index (χ0v) is 14.6. The maximum Gasteiger partial charge on any atom is 0.234 e. The first kappa shape index (κ1) is 16.2. The van der Waals surface area contributed by atoms with E-state index in [4.69, 9.17) is 10.7 Å². The molecular formula is C18H18N4OS. The Morgan fingerprint density at radius 2 is 2.12 bits per heavy atom. The second-order valence-corrected chi connectivity index (χ2v) is 7.26. The summed E-state index contributed by atoms with van der Waals surface area (Å²) in [6.45, 7) is 3.92. The summed E-state index contributed by atoms with van der Waals surface area (Å²) in [6.07, 6.45) is 0. The lowest BCUT2D eigenvalue weighted by Gasteiger charge is -2.35. The molecular weight excluding hydrogens is 320 g/mol. The number of nitriles is 1. The highest BCUT2D eigenvalue weighted by molar-refractivity contribution is 7.12. The summed E-state index contributed by atoms with van der Waals surface area (Å²) in [7, 11) is 1.61.